The fourth-order valence-electron chi connectivity index (χ4n) is 2.76. The molecule has 2 saturated heterocycles. The van der Waals surface area contributed by atoms with E-state index in [1.807, 2.05) is 4.90 Å². The molecule has 0 bridgehead atoms. The molecule has 0 aromatic rings. The molecule has 4 nitrogen and oxygen atoms in total. The van der Waals surface area contributed by atoms with Crippen LogP contribution < -0.4 is 5.73 Å². The van der Waals surface area contributed by atoms with Crippen LogP contribution in [0.1, 0.15) is 26.7 Å². The van der Waals surface area contributed by atoms with Crippen molar-refractivity contribution in [3.8, 4) is 0 Å². The van der Waals surface area contributed by atoms with Crippen LogP contribution >= 0.6 is 12.4 Å². The van der Waals surface area contributed by atoms with E-state index in [0.29, 0.717) is 12.1 Å². The molecule has 0 spiro atoms. The van der Waals surface area contributed by atoms with Gasteiger partial charge in [0.05, 0.1) is 6.04 Å². The molecule has 3 atom stereocenters. The van der Waals surface area contributed by atoms with Crippen molar-refractivity contribution in [2.75, 3.05) is 19.6 Å². The molecule has 0 saturated carbocycles. The third-order valence-corrected chi connectivity index (χ3v) is 3.61. The minimum Gasteiger partial charge on any atom is -0.336 e. The lowest BCUT2D eigenvalue weighted by Gasteiger charge is -2.42. The molecule has 16 heavy (non-hydrogen) atoms. The molecule has 2 rings (SSSR count). The maximum atomic E-state index is 11.9. The van der Waals surface area contributed by atoms with Crippen molar-refractivity contribution in [1.29, 1.82) is 0 Å². The van der Waals surface area contributed by atoms with Crippen molar-refractivity contribution >= 4 is 18.3 Å². The van der Waals surface area contributed by atoms with E-state index in [4.69, 9.17) is 5.73 Å². The first-order valence-electron chi connectivity index (χ1n) is 5.89. The minimum atomic E-state index is -0.361. The zero-order valence-electron chi connectivity index (χ0n) is 10.1. The molecule has 0 aromatic heterocycles. The highest BCUT2D eigenvalue weighted by molar-refractivity contribution is 5.85. The standard InChI is InChI=1S/C11H21N3O.ClH/c1-8-6-13-5-3-4-10(13)7-14(8)11(15)9(2)12;/h8-10H,3-7,12H2,1-2H3;1H. The van der Waals surface area contributed by atoms with Gasteiger partial charge in [-0.1, -0.05) is 0 Å². The van der Waals surface area contributed by atoms with Gasteiger partial charge in [0, 0.05) is 25.2 Å². The molecule has 3 unspecified atom stereocenters. The van der Waals surface area contributed by atoms with Crippen LogP contribution in [-0.2, 0) is 4.79 Å². The van der Waals surface area contributed by atoms with Crippen LogP contribution in [-0.4, -0.2) is 53.5 Å². The summed E-state index contributed by atoms with van der Waals surface area (Å²) in [6.45, 7) is 6.99. The van der Waals surface area contributed by atoms with E-state index in [0.717, 1.165) is 13.1 Å². The van der Waals surface area contributed by atoms with Gasteiger partial charge in [-0.3, -0.25) is 9.69 Å². The van der Waals surface area contributed by atoms with Crippen molar-refractivity contribution in [3.05, 3.63) is 0 Å². The first-order valence-corrected chi connectivity index (χ1v) is 5.89. The lowest BCUT2D eigenvalue weighted by atomic mass is 10.1. The fraction of sp³-hybridized carbons (Fsp3) is 0.909. The minimum absolute atomic E-state index is 0. The second-order valence-corrected chi connectivity index (χ2v) is 4.92. The van der Waals surface area contributed by atoms with Crippen molar-refractivity contribution < 1.29 is 4.79 Å². The quantitative estimate of drug-likeness (QED) is 0.732. The molecular formula is C11H22ClN3O. The number of carbonyl (C=O) groups is 1. The molecule has 2 heterocycles. The summed E-state index contributed by atoms with van der Waals surface area (Å²) in [5.41, 5.74) is 5.66. The third kappa shape index (κ3) is 2.50. The number of hydrogen-bond donors (Lipinski definition) is 1. The molecule has 1 amide bonds. The molecule has 94 valence electrons. The van der Waals surface area contributed by atoms with Gasteiger partial charge in [0.2, 0.25) is 5.91 Å². The van der Waals surface area contributed by atoms with E-state index in [1.54, 1.807) is 6.92 Å². The van der Waals surface area contributed by atoms with Crippen LogP contribution in [0.2, 0.25) is 0 Å². The van der Waals surface area contributed by atoms with Crippen LogP contribution in [0.15, 0.2) is 0 Å². The summed E-state index contributed by atoms with van der Waals surface area (Å²) in [6.07, 6.45) is 2.51. The second-order valence-electron chi connectivity index (χ2n) is 4.92. The number of fused-ring (bicyclic) bond motifs is 1. The molecule has 5 heteroatoms. The average molecular weight is 248 g/mol. The Hall–Kier alpha value is -0.320. The summed E-state index contributed by atoms with van der Waals surface area (Å²) < 4.78 is 0. The first-order chi connectivity index (χ1) is 7.09. The van der Waals surface area contributed by atoms with Gasteiger partial charge in [-0.2, -0.15) is 0 Å². The molecule has 2 aliphatic heterocycles. The van der Waals surface area contributed by atoms with Gasteiger partial charge in [-0.05, 0) is 33.2 Å². The summed E-state index contributed by atoms with van der Waals surface area (Å²) >= 11 is 0. The number of amides is 1. The van der Waals surface area contributed by atoms with Gasteiger partial charge in [0.15, 0.2) is 0 Å². The molecular weight excluding hydrogens is 226 g/mol. The third-order valence-electron chi connectivity index (χ3n) is 3.61. The average Bonchev–Trinajstić information content (AvgIpc) is 2.62. The van der Waals surface area contributed by atoms with Gasteiger partial charge in [-0.25, -0.2) is 0 Å². The van der Waals surface area contributed by atoms with Gasteiger partial charge >= 0.3 is 0 Å². The molecule has 2 N–H and O–H groups in total. The Labute approximate surface area is 104 Å². The van der Waals surface area contributed by atoms with Crippen molar-refractivity contribution in [2.45, 2.75) is 44.8 Å². The summed E-state index contributed by atoms with van der Waals surface area (Å²) in [4.78, 5) is 16.4. The molecule has 0 aromatic carbocycles. The van der Waals surface area contributed by atoms with Gasteiger partial charge < -0.3 is 10.6 Å². The Balaban J connectivity index is 0.00000128. The van der Waals surface area contributed by atoms with E-state index in [2.05, 4.69) is 11.8 Å². The number of halogens is 1. The largest absolute Gasteiger partial charge is 0.336 e. The summed E-state index contributed by atoms with van der Waals surface area (Å²) in [7, 11) is 0. The summed E-state index contributed by atoms with van der Waals surface area (Å²) in [5.74, 6) is 0.106. The van der Waals surface area contributed by atoms with Crippen LogP contribution in [0.5, 0.6) is 0 Å². The Morgan fingerprint density at radius 1 is 1.44 bits per heavy atom. The zero-order valence-corrected chi connectivity index (χ0v) is 10.9. The zero-order chi connectivity index (χ0) is 11.0. The SMILES string of the molecule is CC(N)C(=O)N1CC2CCCN2CC1C.Cl. The number of carbonyl (C=O) groups excluding carboxylic acids is 1. The van der Waals surface area contributed by atoms with Crippen LogP contribution in [0.25, 0.3) is 0 Å². The maximum absolute atomic E-state index is 11.9. The highest BCUT2D eigenvalue weighted by atomic mass is 35.5. The predicted octanol–water partition coefficient (Wildman–Crippen LogP) is 0.450. The monoisotopic (exact) mass is 247 g/mol. The molecule has 0 aliphatic carbocycles. The van der Waals surface area contributed by atoms with Crippen molar-refractivity contribution in [1.82, 2.24) is 9.80 Å². The van der Waals surface area contributed by atoms with Crippen molar-refractivity contribution in [2.24, 2.45) is 5.73 Å². The van der Waals surface area contributed by atoms with E-state index in [-0.39, 0.29) is 24.4 Å². The number of piperazine rings is 1. The second kappa shape index (κ2) is 5.34. The molecule has 2 aliphatic rings. The molecule has 2 fully saturated rings. The highest BCUT2D eigenvalue weighted by Crippen LogP contribution is 2.24. The van der Waals surface area contributed by atoms with Crippen LogP contribution in [0, 0.1) is 0 Å². The Kier molecular flexibility index (Phi) is 4.59. The smallest absolute Gasteiger partial charge is 0.239 e. The van der Waals surface area contributed by atoms with Gasteiger partial charge in [0.25, 0.3) is 0 Å². The number of rotatable bonds is 1. The highest BCUT2D eigenvalue weighted by Gasteiger charge is 2.36. The number of nitrogens with zero attached hydrogens (tertiary/aromatic N) is 2. The van der Waals surface area contributed by atoms with Crippen LogP contribution in [0.4, 0.5) is 0 Å². The van der Waals surface area contributed by atoms with E-state index < -0.39 is 0 Å². The number of nitrogens with two attached hydrogens (primary N) is 1. The van der Waals surface area contributed by atoms with E-state index >= 15 is 0 Å². The van der Waals surface area contributed by atoms with E-state index in [9.17, 15) is 4.79 Å². The van der Waals surface area contributed by atoms with Gasteiger partial charge in [0.1, 0.15) is 0 Å². The maximum Gasteiger partial charge on any atom is 0.239 e. The first kappa shape index (κ1) is 13.7. The Morgan fingerprint density at radius 3 is 2.75 bits per heavy atom. The van der Waals surface area contributed by atoms with E-state index in [1.165, 1.54) is 19.4 Å². The summed E-state index contributed by atoms with van der Waals surface area (Å²) in [6, 6.07) is 0.544. The van der Waals surface area contributed by atoms with Crippen LogP contribution in [0.3, 0.4) is 0 Å². The molecule has 0 radical (unpaired) electrons. The number of hydrogen-bond acceptors (Lipinski definition) is 3. The topological polar surface area (TPSA) is 49.6 Å². The Morgan fingerprint density at radius 2 is 2.12 bits per heavy atom. The lowest BCUT2D eigenvalue weighted by molar-refractivity contribution is -0.137. The van der Waals surface area contributed by atoms with Gasteiger partial charge in [-0.15, -0.1) is 12.4 Å². The fourth-order valence-corrected chi connectivity index (χ4v) is 2.76. The van der Waals surface area contributed by atoms with Crippen molar-refractivity contribution in [3.63, 3.8) is 0 Å². The Bertz CT molecular complexity index is 260. The summed E-state index contributed by atoms with van der Waals surface area (Å²) in [5, 5.41) is 0. The lowest BCUT2D eigenvalue weighted by Crippen LogP contribution is -2.59. The predicted molar refractivity (Wildman–Crippen MR) is 66.7 cm³/mol. The normalized spacial score (nSPS) is 31.8.